The third-order valence-electron chi connectivity index (χ3n) is 8.77. The molecule has 2 atom stereocenters. The number of alkyl halides is 2. The predicted molar refractivity (Wildman–Crippen MR) is 189 cm³/mol. The first-order valence-electron chi connectivity index (χ1n) is 17.2. The third-order valence-corrected chi connectivity index (χ3v) is 12.6. The highest BCUT2D eigenvalue weighted by Gasteiger charge is 2.58. The highest BCUT2D eigenvalue weighted by atomic mass is 31.2. The SMILES string of the molecule is O=C(NCCCC(O)(P(=O)(O)O)P(=O)(O)O)Oc1ccccc1C(=O)O[C@H](C=C[C@H]1CCC(=O)N1CCCCCCc1nn[nH]n1)C(F)(F)c1ccccc1. The second-order valence-corrected chi connectivity index (χ2v) is 16.7. The van der Waals surface area contributed by atoms with Gasteiger partial charge in [0.25, 0.3) is 5.08 Å². The van der Waals surface area contributed by atoms with E-state index in [1.165, 1.54) is 54.6 Å². The van der Waals surface area contributed by atoms with E-state index in [1.54, 1.807) is 4.90 Å². The first-order valence-corrected chi connectivity index (χ1v) is 20.4. The maximum Gasteiger partial charge on any atom is 0.412 e. The molecule has 4 rings (SSSR count). The average Bonchev–Trinajstić information content (AvgIpc) is 3.78. The highest BCUT2D eigenvalue weighted by Crippen LogP contribution is 2.69. The number of para-hydroxylation sites is 1. The number of hydrogen-bond donors (Lipinski definition) is 7. The maximum atomic E-state index is 16.0. The number of nitrogens with one attached hydrogen (secondary N) is 2. The summed E-state index contributed by atoms with van der Waals surface area (Å²) < 4.78 is 65.7. The number of rotatable bonds is 20. The quantitative estimate of drug-likeness (QED) is 0.0370. The fourth-order valence-electron chi connectivity index (χ4n) is 5.76. The Morgan fingerprint density at radius 3 is 2.35 bits per heavy atom. The molecule has 0 aliphatic carbocycles. The largest absolute Gasteiger partial charge is 0.448 e. The molecule has 1 saturated heterocycles. The molecule has 0 unspecified atom stereocenters. The number of esters is 1. The lowest BCUT2D eigenvalue weighted by molar-refractivity contribution is -0.128. The molecular weight excluding hydrogens is 772 g/mol. The molecule has 0 radical (unpaired) electrons. The van der Waals surface area contributed by atoms with Crippen LogP contribution in [0.5, 0.6) is 5.75 Å². The van der Waals surface area contributed by atoms with E-state index in [0.717, 1.165) is 31.4 Å². The molecule has 22 heteroatoms. The Balaban J connectivity index is 1.42. The average molecular weight is 815 g/mol. The van der Waals surface area contributed by atoms with Crippen LogP contribution in [0.1, 0.15) is 73.1 Å². The summed E-state index contributed by atoms with van der Waals surface area (Å²) in [7, 11) is -11.4. The van der Waals surface area contributed by atoms with Gasteiger partial charge in [-0.2, -0.15) is 14.0 Å². The number of nitrogens with zero attached hydrogens (tertiary/aromatic N) is 4. The number of hydrogen-bond acceptors (Lipinski definition) is 11. The topological polar surface area (TPSA) is 275 Å². The fourth-order valence-corrected chi connectivity index (χ4v) is 8.01. The number of carbonyl (C=O) groups is 3. The maximum absolute atomic E-state index is 16.0. The van der Waals surface area contributed by atoms with E-state index in [0.29, 0.717) is 31.6 Å². The fraction of sp³-hybridized carbons (Fsp3) is 0.455. The van der Waals surface area contributed by atoms with Crippen molar-refractivity contribution in [2.24, 2.45) is 0 Å². The Kier molecular flexibility index (Phi) is 14.9. The number of aromatic nitrogens is 4. The Morgan fingerprint density at radius 1 is 1.00 bits per heavy atom. The summed E-state index contributed by atoms with van der Waals surface area (Å²) in [6.45, 7) is -0.0945. The van der Waals surface area contributed by atoms with Crippen LogP contribution in [0.25, 0.3) is 0 Å². The van der Waals surface area contributed by atoms with E-state index in [9.17, 15) is 48.2 Å². The minimum atomic E-state index is -5.71. The molecule has 1 aliphatic heterocycles. The van der Waals surface area contributed by atoms with Crippen molar-refractivity contribution < 1.29 is 66.4 Å². The molecule has 1 aromatic heterocycles. The molecular formula is C33H42F2N6O12P2. The van der Waals surface area contributed by atoms with Gasteiger partial charge in [-0.25, -0.2) is 9.59 Å². The normalized spacial score (nSPS) is 16.0. The van der Waals surface area contributed by atoms with E-state index in [1.807, 2.05) is 0 Å². The number of tetrazole rings is 1. The van der Waals surface area contributed by atoms with Crippen molar-refractivity contribution in [1.29, 1.82) is 0 Å². The standard InChI is InChI=1S/C33H42F2N6O12P2/c34-33(35,23-11-4-3-5-12-23)27(18-16-24-17-19-29(42)41(24)22-9-2-1-6-15-28-37-39-40-38-28)53-30(43)25-13-7-8-14-26(25)52-31(44)36-21-10-20-32(45,54(46,47)48)55(49,50)51/h3-5,7-8,11-14,16,18,24,27,45H,1-2,6,9-10,15,17,19-22H2,(H,36,44)(H2,46,47,48)(H2,49,50,51)(H,37,38,39,40)/t24-,27+/m0/s1. The minimum absolute atomic E-state index is 0.131. The third kappa shape index (κ3) is 11.5. The molecule has 18 nitrogen and oxygen atoms in total. The molecule has 7 N–H and O–H groups in total. The number of aryl methyl sites for hydroxylation is 1. The van der Waals surface area contributed by atoms with Gasteiger partial charge in [0.05, 0.1) is 6.04 Å². The van der Waals surface area contributed by atoms with Gasteiger partial charge in [0.15, 0.2) is 11.9 Å². The van der Waals surface area contributed by atoms with Gasteiger partial charge in [0, 0.05) is 37.9 Å². The van der Waals surface area contributed by atoms with Crippen LogP contribution in [-0.2, 0) is 31.0 Å². The van der Waals surface area contributed by atoms with Crippen LogP contribution in [0.3, 0.4) is 0 Å². The van der Waals surface area contributed by atoms with Crippen molar-refractivity contribution in [3.8, 4) is 5.75 Å². The highest BCUT2D eigenvalue weighted by molar-refractivity contribution is 7.72. The molecule has 1 fully saturated rings. The van der Waals surface area contributed by atoms with E-state index in [2.05, 4.69) is 25.9 Å². The number of aliphatic hydroxyl groups is 1. The molecule has 0 bridgehead atoms. The van der Waals surface area contributed by atoms with Crippen molar-refractivity contribution in [3.63, 3.8) is 0 Å². The smallest absolute Gasteiger partial charge is 0.412 e. The zero-order valence-corrected chi connectivity index (χ0v) is 31.1. The number of aromatic amines is 1. The molecule has 0 spiro atoms. The number of unbranched alkanes of at least 4 members (excludes halogenated alkanes) is 3. The van der Waals surface area contributed by atoms with Crippen LogP contribution in [-0.4, -0.2) is 98.5 Å². The number of H-pyrrole nitrogens is 1. The minimum Gasteiger partial charge on any atom is -0.448 e. The van der Waals surface area contributed by atoms with Gasteiger partial charge in [-0.05, 0) is 43.9 Å². The van der Waals surface area contributed by atoms with Crippen molar-refractivity contribution in [2.75, 3.05) is 13.1 Å². The predicted octanol–water partition coefficient (Wildman–Crippen LogP) is 3.74. The van der Waals surface area contributed by atoms with Crippen molar-refractivity contribution in [3.05, 3.63) is 83.7 Å². The molecule has 0 saturated carbocycles. The van der Waals surface area contributed by atoms with Gasteiger partial charge in [0.1, 0.15) is 11.3 Å². The lowest BCUT2D eigenvalue weighted by atomic mass is 10.0. The Hall–Kier alpha value is -4.42. The molecule has 2 heterocycles. The van der Waals surface area contributed by atoms with Gasteiger partial charge in [-0.3, -0.25) is 13.9 Å². The lowest BCUT2D eigenvalue weighted by Crippen LogP contribution is -2.36. The monoisotopic (exact) mass is 814 g/mol. The van der Waals surface area contributed by atoms with Gasteiger partial charge in [-0.1, -0.05) is 66.6 Å². The lowest BCUT2D eigenvalue weighted by Gasteiger charge is -2.29. The number of ether oxygens (including phenoxy) is 2. The summed E-state index contributed by atoms with van der Waals surface area (Å²) in [5.74, 6) is -4.98. The summed E-state index contributed by atoms with van der Waals surface area (Å²) in [5, 5.41) is 22.2. The Labute approximate surface area is 313 Å². The second-order valence-electron chi connectivity index (χ2n) is 12.7. The van der Waals surface area contributed by atoms with E-state index in [4.69, 9.17) is 9.47 Å². The second kappa shape index (κ2) is 18.9. The molecule has 300 valence electrons. The van der Waals surface area contributed by atoms with Crippen LogP contribution in [0, 0.1) is 0 Å². The van der Waals surface area contributed by atoms with Crippen LogP contribution < -0.4 is 10.1 Å². The van der Waals surface area contributed by atoms with Gasteiger partial charge < -0.3 is 44.4 Å². The summed E-state index contributed by atoms with van der Waals surface area (Å²) in [4.78, 5) is 77.4. The molecule has 3 aromatic rings. The Bertz CT molecular complexity index is 1850. The molecule has 55 heavy (non-hydrogen) atoms. The van der Waals surface area contributed by atoms with Gasteiger partial charge in [-0.15, -0.1) is 10.2 Å². The van der Waals surface area contributed by atoms with Crippen molar-refractivity contribution in [2.45, 2.75) is 80.9 Å². The van der Waals surface area contributed by atoms with E-state index < -0.39 is 86.7 Å². The number of amides is 2. The summed E-state index contributed by atoms with van der Waals surface area (Å²) in [5.41, 5.74) is -0.875. The molecule has 1 aliphatic rings. The number of carbonyl (C=O) groups excluding carboxylic acids is 3. The first kappa shape index (κ1) is 43.3. The van der Waals surface area contributed by atoms with E-state index in [-0.39, 0.29) is 12.3 Å². The zero-order chi connectivity index (χ0) is 40.3. The summed E-state index contributed by atoms with van der Waals surface area (Å²) in [6.07, 6.45) is 1.83. The van der Waals surface area contributed by atoms with E-state index >= 15 is 8.78 Å². The zero-order valence-electron chi connectivity index (χ0n) is 29.3. The number of halogens is 2. The Morgan fingerprint density at radius 2 is 1.67 bits per heavy atom. The molecule has 2 aromatic carbocycles. The van der Waals surface area contributed by atoms with Crippen LogP contribution in [0.4, 0.5) is 13.6 Å². The summed E-state index contributed by atoms with van der Waals surface area (Å²) >= 11 is 0. The van der Waals surface area contributed by atoms with Gasteiger partial charge in [0.2, 0.25) is 5.91 Å². The van der Waals surface area contributed by atoms with Crippen molar-refractivity contribution in [1.82, 2.24) is 30.8 Å². The van der Waals surface area contributed by atoms with Crippen LogP contribution >= 0.6 is 15.2 Å². The first-order chi connectivity index (χ1) is 25.9. The number of benzene rings is 2. The van der Waals surface area contributed by atoms with Gasteiger partial charge >= 0.3 is 33.2 Å². The molecule has 2 amide bonds. The van der Waals surface area contributed by atoms with Crippen LogP contribution in [0.15, 0.2) is 66.7 Å². The van der Waals surface area contributed by atoms with Crippen molar-refractivity contribution >= 4 is 33.2 Å². The summed E-state index contributed by atoms with van der Waals surface area (Å²) in [6, 6.07) is 11.2. The van der Waals surface area contributed by atoms with Crippen LogP contribution in [0.2, 0.25) is 0 Å². The number of likely N-dealkylation sites (tertiary alicyclic amines) is 1.